The molecule has 3 aliphatic heterocycles. The van der Waals surface area contributed by atoms with Crippen LogP contribution in [0.4, 0.5) is 0 Å². The van der Waals surface area contributed by atoms with Gasteiger partial charge in [0.05, 0.1) is 0 Å². The topological polar surface area (TPSA) is 26.8 Å². The molecule has 3 saturated heterocycles. The van der Waals surface area contributed by atoms with E-state index in [9.17, 15) is 4.79 Å². The van der Waals surface area contributed by atoms with Crippen LogP contribution in [0, 0.1) is 11.8 Å². The zero-order valence-electron chi connectivity index (χ0n) is 15.7. The first-order valence-electron chi connectivity index (χ1n) is 9.85. The van der Waals surface area contributed by atoms with Gasteiger partial charge in [-0.15, -0.1) is 0 Å². The molecule has 3 heterocycles. The van der Waals surface area contributed by atoms with E-state index in [1.807, 2.05) is 12.1 Å². The van der Waals surface area contributed by atoms with E-state index >= 15 is 0 Å². The van der Waals surface area contributed by atoms with Crippen LogP contribution in [-0.2, 0) is 6.54 Å². The Morgan fingerprint density at radius 2 is 1.80 bits per heavy atom. The summed E-state index contributed by atoms with van der Waals surface area (Å²) >= 11 is 0. The van der Waals surface area contributed by atoms with Gasteiger partial charge in [0.2, 0.25) is 0 Å². The standard InChI is InChI=1S/C21H31N3O/c1-22(2)11-16-5-8-19(9-6-16)21(25)24-14-18-7-10-20(15-24)23(13-18)12-17-3-4-17/h5-6,8-9,17-18,20H,3-4,7,10-15H2,1-2H3/t18-,20-/m1/s1. The minimum atomic E-state index is 0.224. The molecule has 136 valence electrons. The molecule has 4 nitrogen and oxygen atoms in total. The monoisotopic (exact) mass is 341 g/mol. The van der Waals surface area contributed by atoms with Gasteiger partial charge in [-0.25, -0.2) is 0 Å². The van der Waals surface area contributed by atoms with Crippen molar-refractivity contribution in [2.75, 3.05) is 40.3 Å². The summed E-state index contributed by atoms with van der Waals surface area (Å²) in [6.45, 7) is 5.24. The van der Waals surface area contributed by atoms with Crippen molar-refractivity contribution in [3.05, 3.63) is 35.4 Å². The third-order valence-electron chi connectivity index (χ3n) is 6.00. The van der Waals surface area contributed by atoms with E-state index in [1.54, 1.807) is 0 Å². The van der Waals surface area contributed by atoms with Crippen LogP contribution in [0.2, 0.25) is 0 Å². The molecule has 0 aromatic heterocycles. The first-order chi connectivity index (χ1) is 12.1. The SMILES string of the molecule is CN(C)Cc1ccc(C(=O)N2C[C@@H]3CC[C@H](C2)N(CC2CC2)C3)cc1. The number of benzene rings is 1. The van der Waals surface area contributed by atoms with Gasteiger partial charge in [-0.05, 0) is 69.3 Å². The van der Waals surface area contributed by atoms with Crippen molar-refractivity contribution in [3.8, 4) is 0 Å². The van der Waals surface area contributed by atoms with Gasteiger partial charge in [-0.2, -0.15) is 0 Å². The lowest BCUT2D eigenvalue weighted by atomic mass is 9.95. The normalized spacial score (nSPS) is 26.9. The zero-order chi connectivity index (χ0) is 17.4. The molecule has 1 amide bonds. The summed E-state index contributed by atoms with van der Waals surface area (Å²) in [6, 6.07) is 8.79. The molecule has 2 bridgehead atoms. The number of fused-ring (bicyclic) bond motifs is 4. The van der Waals surface area contributed by atoms with E-state index < -0.39 is 0 Å². The molecule has 1 saturated carbocycles. The quantitative estimate of drug-likeness (QED) is 0.824. The zero-order valence-corrected chi connectivity index (χ0v) is 15.7. The first kappa shape index (κ1) is 17.0. The summed E-state index contributed by atoms with van der Waals surface area (Å²) in [5.41, 5.74) is 2.10. The Bertz CT molecular complexity index is 608. The number of piperidine rings is 1. The molecule has 1 aromatic rings. The van der Waals surface area contributed by atoms with Crippen LogP contribution in [-0.4, -0.2) is 66.9 Å². The van der Waals surface area contributed by atoms with Crippen LogP contribution in [0.25, 0.3) is 0 Å². The number of nitrogens with zero attached hydrogens (tertiary/aromatic N) is 3. The molecule has 4 heteroatoms. The Labute approximate surface area is 151 Å². The molecule has 25 heavy (non-hydrogen) atoms. The third-order valence-corrected chi connectivity index (χ3v) is 6.00. The summed E-state index contributed by atoms with van der Waals surface area (Å²) in [6.07, 6.45) is 5.38. The minimum Gasteiger partial charge on any atom is -0.337 e. The van der Waals surface area contributed by atoms with Crippen LogP contribution in [0.15, 0.2) is 24.3 Å². The lowest BCUT2D eigenvalue weighted by Crippen LogP contribution is -2.45. The second kappa shape index (κ2) is 7.08. The maximum atomic E-state index is 13.0. The molecule has 0 radical (unpaired) electrons. The molecule has 0 N–H and O–H groups in total. The molecule has 2 atom stereocenters. The summed E-state index contributed by atoms with van der Waals surface area (Å²) in [7, 11) is 4.14. The highest BCUT2D eigenvalue weighted by Crippen LogP contribution is 2.35. The molecule has 4 fully saturated rings. The number of hydrogen-bond acceptors (Lipinski definition) is 3. The summed E-state index contributed by atoms with van der Waals surface area (Å²) < 4.78 is 0. The molecule has 1 aliphatic carbocycles. The second-order valence-corrected chi connectivity index (χ2v) is 8.64. The Balaban J connectivity index is 1.43. The highest BCUT2D eigenvalue weighted by molar-refractivity contribution is 5.94. The van der Waals surface area contributed by atoms with Gasteiger partial charge >= 0.3 is 0 Å². The number of hydrogen-bond donors (Lipinski definition) is 0. The highest BCUT2D eigenvalue weighted by atomic mass is 16.2. The molecule has 0 spiro atoms. The van der Waals surface area contributed by atoms with Crippen LogP contribution in [0.5, 0.6) is 0 Å². The fourth-order valence-electron chi connectivity index (χ4n) is 4.50. The van der Waals surface area contributed by atoms with E-state index in [0.717, 1.165) is 31.1 Å². The molecule has 1 aromatic carbocycles. The predicted molar refractivity (Wildman–Crippen MR) is 101 cm³/mol. The lowest BCUT2D eigenvalue weighted by Gasteiger charge is -2.36. The Morgan fingerprint density at radius 3 is 2.48 bits per heavy atom. The van der Waals surface area contributed by atoms with Gasteiger partial charge in [-0.3, -0.25) is 9.69 Å². The fourth-order valence-corrected chi connectivity index (χ4v) is 4.50. The van der Waals surface area contributed by atoms with Crippen molar-refractivity contribution in [1.82, 2.24) is 14.7 Å². The average molecular weight is 341 g/mol. The highest BCUT2D eigenvalue weighted by Gasteiger charge is 2.38. The van der Waals surface area contributed by atoms with Gasteiger partial charge in [-0.1, -0.05) is 12.1 Å². The molecule has 4 aliphatic rings. The van der Waals surface area contributed by atoms with Gasteiger partial charge in [0, 0.05) is 44.3 Å². The molecular formula is C21H31N3O. The van der Waals surface area contributed by atoms with Crippen LogP contribution in [0.3, 0.4) is 0 Å². The van der Waals surface area contributed by atoms with Gasteiger partial charge in [0.1, 0.15) is 0 Å². The number of amides is 1. The number of carbonyl (C=O) groups is 1. The van der Waals surface area contributed by atoms with Crippen molar-refractivity contribution in [2.24, 2.45) is 11.8 Å². The van der Waals surface area contributed by atoms with E-state index in [-0.39, 0.29) is 5.91 Å². The van der Waals surface area contributed by atoms with Crippen molar-refractivity contribution in [2.45, 2.75) is 38.3 Å². The van der Waals surface area contributed by atoms with Gasteiger partial charge < -0.3 is 9.80 Å². The van der Waals surface area contributed by atoms with Crippen molar-refractivity contribution in [3.63, 3.8) is 0 Å². The smallest absolute Gasteiger partial charge is 0.253 e. The summed E-state index contributed by atoms with van der Waals surface area (Å²) in [4.78, 5) is 20.0. The first-order valence-corrected chi connectivity index (χ1v) is 9.85. The van der Waals surface area contributed by atoms with Gasteiger partial charge in [0.15, 0.2) is 0 Å². The van der Waals surface area contributed by atoms with Crippen molar-refractivity contribution < 1.29 is 4.79 Å². The molecule has 0 unspecified atom stereocenters. The maximum absolute atomic E-state index is 13.0. The van der Waals surface area contributed by atoms with Crippen LogP contribution >= 0.6 is 0 Å². The predicted octanol–water partition coefficient (Wildman–Crippen LogP) is 2.69. The van der Waals surface area contributed by atoms with Crippen LogP contribution < -0.4 is 0 Å². The number of rotatable bonds is 5. The molecule has 5 rings (SSSR count). The number of carbonyl (C=O) groups excluding carboxylic acids is 1. The maximum Gasteiger partial charge on any atom is 0.253 e. The Kier molecular flexibility index (Phi) is 4.83. The van der Waals surface area contributed by atoms with E-state index in [1.165, 1.54) is 44.3 Å². The summed E-state index contributed by atoms with van der Waals surface area (Å²) in [5.74, 6) is 1.82. The second-order valence-electron chi connectivity index (χ2n) is 8.64. The molecular weight excluding hydrogens is 310 g/mol. The van der Waals surface area contributed by atoms with Crippen molar-refractivity contribution in [1.29, 1.82) is 0 Å². The Morgan fingerprint density at radius 1 is 1.04 bits per heavy atom. The largest absolute Gasteiger partial charge is 0.337 e. The lowest BCUT2D eigenvalue weighted by molar-refractivity contribution is 0.0736. The van der Waals surface area contributed by atoms with E-state index in [4.69, 9.17) is 0 Å². The van der Waals surface area contributed by atoms with E-state index in [2.05, 4.69) is 40.9 Å². The summed E-state index contributed by atoms with van der Waals surface area (Å²) in [5, 5.41) is 0. The van der Waals surface area contributed by atoms with Crippen LogP contribution in [0.1, 0.15) is 41.6 Å². The van der Waals surface area contributed by atoms with Crippen molar-refractivity contribution >= 4 is 5.91 Å². The Hall–Kier alpha value is -1.39. The third kappa shape index (κ3) is 4.06. The van der Waals surface area contributed by atoms with E-state index in [0.29, 0.717) is 12.0 Å². The minimum absolute atomic E-state index is 0.224. The van der Waals surface area contributed by atoms with Gasteiger partial charge in [0.25, 0.3) is 5.91 Å². The fraction of sp³-hybridized carbons (Fsp3) is 0.667. The average Bonchev–Trinajstić information content (AvgIpc) is 3.42.